The first-order valence-corrected chi connectivity index (χ1v) is 9.68. The number of hydrogen-bond acceptors (Lipinski definition) is 3. The Labute approximate surface area is 133 Å². The molecule has 1 saturated heterocycles. The van der Waals surface area contributed by atoms with Crippen molar-refractivity contribution in [2.75, 3.05) is 13.1 Å². The minimum Gasteiger partial charge on any atom is -0.306 e. The fourth-order valence-electron chi connectivity index (χ4n) is 5.16. The average Bonchev–Trinajstić information content (AvgIpc) is 3.26. The Morgan fingerprint density at radius 1 is 1.00 bits per heavy atom. The topological polar surface area (TPSA) is 86.0 Å². The molecule has 1 aliphatic heterocycles. The molecule has 3 fully saturated rings. The molecule has 2 aliphatic carbocycles. The standard InChI is InChI=1S/C16H19N3O3S/c20-16-17-14-4-3-11(6-15(14)18-16)23(21,22)19-7-12-9-1-2-10(5-9)13(12)8-19/h3-4,6,9-10,12-13H,1-2,5,7-8H2,(H2,17,18,20). The molecular formula is C16H19N3O3S. The number of benzene rings is 1. The van der Waals surface area contributed by atoms with Gasteiger partial charge in [-0.25, -0.2) is 13.2 Å². The number of nitrogens with one attached hydrogen (secondary N) is 2. The van der Waals surface area contributed by atoms with Crippen molar-refractivity contribution in [2.45, 2.75) is 24.2 Å². The Balaban J connectivity index is 1.50. The van der Waals surface area contributed by atoms with E-state index in [9.17, 15) is 13.2 Å². The van der Waals surface area contributed by atoms with E-state index in [1.54, 1.807) is 22.5 Å². The molecule has 4 unspecified atom stereocenters. The molecule has 0 radical (unpaired) electrons. The van der Waals surface area contributed by atoms with Crippen LogP contribution in [0.2, 0.25) is 0 Å². The lowest BCUT2D eigenvalue weighted by Gasteiger charge is -2.22. The van der Waals surface area contributed by atoms with Crippen LogP contribution in [0.25, 0.3) is 11.0 Å². The fourth-order valence-corrected chi connectivity index (χ4v) is 6.70. The van der Waals surface area contributed by atoms with Gasteiger partial charge >= 0.3 is 5.69 Å². The van der Waals surface area contributed by atoms with Crippen LogP contribution in [0.3, 0.4) is 0 Å². The maximum Gasteiger partial charge on any atom is 0.323 e. The third-order valence-electron chi connectivity index (χ3n) is 6.23. The van der Waals surface area contributed by atoms with Gasteiger partial charge in [-0.3, -0.25) is 0 Å². The summed E-state index contributed by atoms with van der Waals surface area (Å²) in [5, 5.41) is 0. The Morgan fingerprint density at radius 3 is 2.35 bits per heavy atom. The Hall–Kier alpha value is -1.60. The van der Waals surface area contributed by atoms with E-state index in [1.165, 1.54) is 19.3 Å². The third kappa shape index (κ3) is 1.89. The minimum absolute atomic E-state index is 0.271. The number of hydrogen-bond donors (Lipinski definition) is 2. The first-order chi connectivity index (χ1) is 11.0. The highest BCUT2D eigenvalue weighted by atomic mass is 32.2. The van der Waals surface area contributed by atoms with Crippen molar-refractivity contribution < 1.29 is 8.42 Å². The lowest BCUT2D eigenvalue weighted by Crippen LogP contribution is -2.30. The van der Waals surface area contributed by atoms with Gasteiger partial charge in [0.1, 0.15) is 0 Å². The number of sulfonamides is 1. The summed E-state index contributed by atoms with van der Waals surface area (Å²) in [6.45, 7) is 1.33. The highest BCUT2D eigenvalue weighted by molar-refractivity contribution is 7.89. The molecule has 0 spiro atoms. The summed E-state index contributed by atoms with van der Waals surface area (Å²) in [6, 6.07) is 4.80. The van der Waals surface area contributed by atoms with Gasteiger partial charge < -0.3 is 9.97 Å². The van der Waals surface area contributed by atoms with Crippen LogP contribution in [-0.2, 0) is 10.0 Å². The van der Waals surface area contributed by atoms with Gasteiger partial charge in [0.2, 0.25) is 10.0 Å². The number of fused-ring (bicyclic) bond motifs is 6. The van der Waals surface area contributed by atoms with Crippen LogP contribution in [0.15, 0.2) is 27.9 Å². The SMILES string of the molecule is O=c1[nH]c2ccc(S(=O)(=O)N3CC4C5CCC(C5)C4C3)cc2[nH]1. The smallest absolute Gasteiger partial charge is 0.306 e. The van der Waals surface area contributed by atoms with E-state index in [1.807, 2.05) is 0 Å². The van der Waals surface area contributed by atoms with Gasteiger partial charge in [-0.05, 0) is 61.1 Å². The van der Waals surface area contributed by atoms with Gasteiger partial charge in [0, 0.05) is 13.1 Å². The summed E-state index contributed by atoms with van der Waals surface area (Å²) in [5.74, 6) is 2.57. The zero-order valence-electron chi connectivity index (χ0n) is 12.7. The van der Waals surface area contributed by atoms with E-state index in [2.05, 4.69) is 9.97 Å². The largest absolute Gasteiger partial charge is 0.323 e. The number of aromatic nitrogens is 2. The lowest BCUT2D eigenvalue weighted by molar-refractivity contribution is 0.281. The van der Waals surface area contributed by atoms with Crippen molar-refractivity contribution in [1.29, 1.82) is 0 Å². The summed E-state index contributed by atoms with van der Waals surface area (Å²) >= 11 is 0. The van der Waals surface area contributed by atoms with Crippen LogP contribution < -0.4 is 5.69 Å². The molecule has 23 heavy (non-hydrogen) atoms. The first kappa shape index (κ1) is 13.8. The average molecular weight is 333 g/mol. The highest BCUT2D eigenvalue weighted by Crippen LogP contribution is 2.55. The zero-order valence-corrected chi connectivity index (χ0v) is 13.5. The number of aromatic amines is 2. The van der Waals surface area contributed by atoms with E-state index in [4.69, 9.17) is 0 Å². The van der Waals surface area contributed by atoms with Crippen molar-refractivity contribution in [2.24, 2.45) is 23.7 Å². The molecule has 6 nitrogen and oxygen atoms in total. The number of nitrogens with zero attached hydrogens (tertiary/aromatic N) is 1. The van der Waals surface area contributed by atoms with E-state index >= 15 is 0 Å². The molecule has 2 aromatic rings. The second-order valence-corrected chi connectivity index (χ2v) is 9.21. The molecule has 1 aromatic carbocycles. The Bertz CT molecular complexity index is 927. The molecule has 5 rings (SSSR count). The molecule has 2 N–H and O–H groups in total. The maximum atomic E-state index is 13.0. The summed E-state index contributed by atoms with van der Waals surface area (Å²) in [4.78, 5) is 16.9. The molecule has 0 amide bonds. The second-order valence-electron chi connectivity index (χ2n) is 7.27. The van der Waals surface area contributed by atoms with Crippen LogP contribution in [0.5, 0.6) is 0 Å². The maximum absolute atomic E-state index is 13.0. The second kappa shape index (κ2) is 4.48. The molecule has 1 aromatic heterocycles. The van der Waals surface area contributed by atoms with Gasteiger partial charge in [0.25, 0.3) is 0 Å². The van der Waals surface area contributed by atoms with Crippen LogP contribution in [0.4, 0.5) is 0 Å². The molecule has 2 heterocycles. The van der Waals surface area contributed by atoms with E-state index < -0.39 is 10.0 Å². The van der Waals surface area contributed by atoms with E-state index in [0.29, 0.717) is 36.0 Å². The first-order valence-electron chi connectivity index (χ1n) is 8.24. The molecule has 3 aliphatic rings. The van der Waals surface area contributed by atoms with Gasteiger partial charge in [-0.2, -0.15) is 4.31 Å². The molecule has 122 valence electrons. The lowest BCUT2D eigenvalue weighted by atomic mass is 9.82. The zero-order chi connectivity index (χ0) is 15.8. The van der Waals surface area contributed by atoms with Crippen molar-refractivity contribution in [3.8, 4) is 0 Å². The molecule has 7 heteroatoms. The Kier molecular flexibility index (Phi) is 2.69. The Morgan fingerprint density at radius 2 is 1.65 bits per heavy atom. The minimum atomic E-state index is -3.48. The summed E-state index contributed by atoms with van der Waals surface area (Å²) in [6.07, 6.45) is 3.85. The summed E-state index contributed by atoms with van der Waals surface area (Å²) < 4.78 is 27.6. The molecular weight excluding hydrogens is 314 g/mol. The van der Waals surface area contributed by atoms with Crippen molar-refractivity contribution in [3.05, 3.63) is 28.7 Å². The number of H-pyrrole nitrogens is 2. The monoisotopic (exact) mass is 333 g/mol. The summed E-state index contributed by atoms with van der Waals surface area (Å²) in [7, 11) is -3.48. The van der Waals surface area contributed by atoms with Crippen molar-refractivity contribution in [1.82, 2.24) is 14.3 Å². The molecule has 4 atom stereocenters. The normalized spacial score (nSPS) is 33.6. The van der Waals surface area contributed by atoms with Crippen LogP contribution in [0.1, 0.15) is 19.3 Å². The highest BCUT2D eigenvalue weighted by Gasteiger charge is 2.53. The number of rotatable bonds is 2. The molecule has 2 bridgehead atoms. The van der Waals surface area contributed by atoms with Gasteiger partial charge in [0.15, 0.2) is 0 Å². The third-order valence-corrected chi connectivity index (χ3v) is 8.06. The van der Waals surface area contributed by atoms with Crippen LogP contribution in [0, 0.1) is 23.7 Å². The van der Waals surface area contributed by atoms with Gasteiger partial charge in [-0.15, -0.1) is 0 Å². The van der Waals surface area contributed by atoms with E-state index in [0.717, 1.165) is 11.8 Å². The molecule has 2 saturated carbocycles. The quantitative estimate of drug-likeness (QED) is 0.874. The van der Waals surface area contributed by atoms with Crippen LogP contribution >= 0.6 is 0 Å². The van der Waals surface area contributed by atoms with E-state index in [-0.39, 0.29) is 10.6 Å². The van der Waals surface area contributed by atoms with Gasteiger partial charge in [-0.1, -0.05) is 0 Å². The van der Waals surface area contributed by atoms with Gasteiger partial charge in [0.05, 0.1) is 15.9 Å². The predicted octanol–water partition coefficient (Wildman–Crippen LogP) is 1.52. The fraction of sp³-hybridized carbons (Fsp3) is 0.562. The summed E-state index contributed by atoms with van der Waals surface area (Å²) in [5.41, 5.74) is 0.850. The predicted molar refractivity (Wildman–Crippen MR) is 85.5 cm³/mol. The van der Waals surface area contributed by atoms with Crippen molar-refractivity contribution in [3.63, 3.8) is 0 Å². The number of imidazole rings is 1. The van der Waals surface area contributed by atoms with Crippen LogP contribution in [-0.4, -0.2) is 35.8 Å². The van der Waals surface area contributed by atoms with Crippen molar-refractivity contribution >= 4 is 21.1 Å².